The van der Waals surface area contributed by atoms with Crippen molar-refractivity contribution in [1.82, 2.24) is 9.97 Å². The lowest BCUT2D eigenvalue weighted by molar-refractivity contribution is -0.385. The van der Waals surface area contributed by atoms with Crippen LogP contribution >= 0.6 is 0 Å². The van der Waals surface area contributed by atoms with Gasteiger partial charge in [-0.25, -0.2) is 0 Å². The van der Waals surface area contributed by atoms with Crippen LogP contribution in [0.1, 0.15) is 28.3 Å². The monoisotopic (exact) mass is 362 g/mol. The van der Waals surface area contributed by atoms with E-state index < -0.39 is 0 Å². The number of aryl methyl sites for hydroxylation is 3. The summed E-state index contributed by atoms with van der Waals surface area (Å²) in [5.74, 6) is 0. The zero-order chi connectivity index (χ0) is 19.4. The minimum atomic E-state index is -0.353. The lowest BCUT2D eigenvalue weighted by Crippen LogP contribution is -2.23. The molecule has 3 aromatic rings. The molecule has 0 aliphatic rings. The summed E-state index contributed by atoms with van der Waals surface area (Å²) in [7, 11) is 0. The predicted octanol–water partition coefficient (Wildman–Crippen LogP) is 4.52. The van der Waals surface area contributed by atoms with Crippen LogP contribution in [0.4, 0.5) is 11.4 Å². The number of pyridine rings is 2. The number of nitrogens with zero attached hydrogens (tertiary/aromatic N) is 4. The molecule has 0 bridgehead atoms. The lowest BCUT2D eigenvalue weighted by atomic mass is 10.1. The second kappa shape index (κ2) is 7.95. The van der Waals surface area contributed by atoms with E-state index >= 15 is 0 Å². The van der Waals surface area contributed by atoms with Gasteiger partial charge in [0.15, 0.2) is 0 Å². The number of nitro groups is 1. The van der Waals surface area contributed by atoms with Crippen molar-refractivity contribution in [1.29, 1.82) is 0 Å². The quantitative estimate of drug-likeness (QED) is 0.476. The maximum atomic E-state index is 11.1. The molecule has 0 atom stereocenters. The SMILES string of the molecule is Cc1cccc(CN(Cc2cccc(C)n2)c2ccc([N+](=O)[O-])c(C)c2)n1. The Morgan fingerprint density at radius 3 is 1.89 bits per heavy atom. The van der Waals surface area contributed by atoms with E-state index in [2.05, 4.69) is 14.9 Å². The predicted molar refractivity (Wildman–Crippen MR) is 106 cm³/mol. The second-order valence-corrected chi connectivity index (χ2v) is 6.62. The number of rotatable bonds is 6. The number of anilines is 1. The Bertz CT molecular complexity index is 924. The molecule has 0 fully saturated rings. The van der Waals surface area contributed by atoms with Crippen LogP contribution < -0.4 is 4.90 Å². The van der Waals surface area contributed by atoms with Crippen molar-refractivity contribution in [2.75, 3.05) is 4.90 Å². The van der Waals surface area contributed by atoms with Gasteiger partial charge in [-0.3, -0.25) is 20.1 Å². The Balaban J connectivity index is 1.96. The fourth-order valence-electron chi connectivity index (χ4n) is 3.05. The summed E-state index contributed by atoms with van der Waals surface area (Å²) in [6.07, 6.45) is 0. The molecule has 2 aromatic heterocycles. The average molecular weight is 362 g/mol. The van der Waals surface area contributed by atoms with Gasteiger partial charge in [0, 0.05) is 28.7 Å². The van der Waals surface area contributed by atoms with Crippen LogP contribution in [-0.4, -0.2) is 14.9 Å². The van der Waals surface area contributed by atoms with Gasteiger partial charge in [-0.1, -0.05) is 12.1 Å². The van der Waals surface area contributed by atoms with Crippen LogP contribution in [0.5, 0.6) is 0 Å². The van der Waals surface area contributed by atoms with Crippen molar-refractivity contribution < 1.29 is 4.92 Å². The average Bonchev–Trinajstić information content (AvgIpc) is 2.61. The summed E-state index contributed by atoms with van der Waals surface area (Å²) in [6.45, 7) is 6.87. The van der Waals surface area contributed by atoms with E-state index in [1.165, 1.54) is 0 Å². The van der Waals surface area contributed by atoms with Gasteiger partial charge in [-0.15, -0.1) is 0 Å². The second-order valence-electron chi connectivity index (χ2n) is 6.62. The third-order valence-corrected chi connectivity index (χ3v) is 4.34. The van der Waals surface area contributed by atoms with Crippen molar-refractivity contribution >= 4 is 11.4 Å². The van der Waals surface area contributed by atoms with Gasteiger partial charge in [0.25, 0.3) is 5.69 Å². The topological polar surface area (TPSA) is 72.2 Å². The Morgan fingerprint density at radius 2 is 1.44 bits per heavy atom. The van der Waals surface area contributed by atoms with Crippen LogP contribution in [0.3, 0.4) is 0 Å². The Labute approximate surface area is 158 Å². The molecule has 0 amide bonds. The highest BCUT2D eigenvalue weighted by atomic mass is 16.6. The van der Waals surface area contributed by atoms with E-state index in [4.69, 9.17) is 0 Å². The number of nitro benzene ring substituents is 1. The molecule has 0 unspecified atom stereocenters. The normalized spacial score (nSPS) is 10.6. The number of hydrogen-bond acceptors (Lipinski definition) is 5. The third kappa shape index (κ3) is 4.67. The fourth-order valence-corrected chi connectivity index (χ4v) is 3.05. The highest BCUT2D eigenvalue weighted by Gasteiger charge is 2.15. The molecular weight excluding hydrogens is 340 g/mol. The first kappa shape index (κ1) is 18.5. The highest BCUT2D eigenvalue weighted by Crippen LogP contribution is 2.26. The Kier molecular flexibility index (Phi) is 5.45. The van der Waals surface area contributed by atoms with Crippen molar-refractivity contribution in [3.63, 3.8) is 0 Å². The van der Waals surface area contributed by atoms with Crippen molar-refractivity contribution in [3.05, 3.63) is 93.1 Å². The molecule has 2 heterocycles. The molecule has 27 heavy (non-hydrogen) atoms. The third-order valence-electron chi connectivity index (χ3n) is 4.34. The first-order valence-corrected chi connectivity index (χ1v) is 8.77. The smallest absolute Gasteiger partial charge is 0.272 e. The maximum Gasteiger partial charge on any atom is 0.272 e. The van der Waals surface area contributed by atoms with Crippen LogP contribution in [0, 0.1) is 30.9 Å². The summed E-state index contributed by atoms with van der Waals surface area (Å²) in [6, 6.07) is 17.1. The minimum Gasteiger partial charge on any atom is -0.360 e. The molecule has 6 heteroatoms. The molecule has 3 rings (SSSR count). The van der Waals surface area contributed by atoms with Gasteiger partial charge in [-0.05, 0) is 57.2 Å². The Hall–Kier alpha value is -3.28. The van der Waals surface area contributed by atoms with Crippen molar-refractivity contribution in [3.8, 4) is 0 Å². The summed E-state index contributed by atoms with van der Waals surface area (Å²) in [4.78, 5) is 22.1. The molecule has 0 spiro atoms. The van der Waals surface area contributed by atoms with Crippen molar-refractivity contribution in [2.45, 2.75) is 33.9 Å². The van der Waals surface area contributed by atoms with E-state index in [0.29, 0.717) is 18.7 Å². The first-order valence-electron chi connectivity index (χ1n) is 8.77. The minimum absolute atomic E-state index is 0.126. The zero-order valence-electron chi connectivity index (χ0n) is 15.7. The largest absolute Gasteiger partial charge is 0.360 e. The summed E-state index contributed by atoms with van der Waals surface area (Å²) in [5, 5.41) is 11.1. The molecule has 0 N–H and O–H groups in total. The van der Waals surface area contributed by atoms with Gasteiger partial charge in [-0.2, -0.15) is 0 Å². The van der Waals surface area contributed by atoms with Gasteiger partial charge >= 0.3 is 0 Å². The Morgan fingerprint density at radius 1 is 0.889 bits per heavy atom. The molecule has 0 saturated heterocycles. The standard InChI is InChI=1S/C21H22N4O2/c1-15-12-20(10-11-21(15)25(26)27)24(13-18-8-4-6-16(2)22-18)14-19-9-5-7-17(3)23-19/h4-12H,13-14H2,1-3H3. The van der Waals surface area contributed by atoms with E-state index in [9.17, 15) is 10.1 Å². The summed E-state index contributed by atoms with van der Waals surface area (Å²) in [5.41, 5.74) is 5.47. The summed E-state index contributed by atoms with van der Waals surface area (Å²) >= 11 is 0. The van der Waals surface area contributed by atoms with Crippen LogP contribution in [0.15, 0.2) is 54.6 Å². The van der Waals surface area contributed by atoms with Gasteiger partial charge in [0.2, 0.25) is 0 Å². The van der Waals surface area contributed by atoms with Gasteiger partial charge in [0.1, 0.15) is 0 Å². The van der Waals surface area contributed by atoms with Crippen LogP contribution in [0.25, 0.3) is 0 Å². The molecule has 1 aromatic carbocycles. The van der Waals surface area contributed by atoms with Crippen LogP contribution in [0.2, 0.25) is 0 Å². The van der Waals surface area contributed by atoms with Gasteiger partial charge in [0.05, 0.1) is 29.4 Å². The van der Waals surface area contributed by atoms with Crippen LogP contribution in [-0.2, 0) is 13.1 Å². The molecular formula is C21H22N4O2. The van der Waals surface area contributed by atoms with E-state index in [0.717, 1.165) is 28.5 Å². The van der Waals surface area contributed by atoms with Gasteiger partial charge < -0.3 is 4.90 Å². The van der Waals surface area contributed by atoms with Crippen molar-refractivity contribution in [2.24, 2.45) is 0 Å². The molecule has 0 aliphatic heterocycles. The summed E-state index contributed by atoms with van der Waals surface area (Å²) < 4.78 is 0. The zero-order valence-corrected chi connectivity index (χ0v) is 15.7. The molecule has 0 aliphatic carbocycles. The number of hydrogen-bond donors (Lipinski definition) is 0. The van der Waals surface area contributed by atoms with E-state index in [-0.39, 0.29) is 10.6 Å². The maximum absolute atomic E-state index is 11.1. The molecule has 0 saturated carbocycles. The van der Waals surface area contributed by atoms with E-state index in [1.807, 2.05) is 56.3 Å². The molecule has 138 valence electrons. The fraction of sp³-hybridized carbons (Fsp3) is 0.238. The lowest BCUT2D eigenvalue weighted by Gasteiger charge is -2.25. The highest BCUT2D eigenvalue weighted by molar-refractivity contribution is 5.55. The van der Waals surface area contributed by atoms with E-state index in [1.54, 1.807) is 19.1 Å². The molecule has 0 radical (unpaired) electrons. The number of benzene rings is 1. The number of aromatic nitrogens is 2. The molecule has 6 nitrogen and oxygen atoms in total. The first-order chi connectivity index (χ1) is 12.9.